The second-order valence-corrected chi connectivity index (χ2v) is 5.59. The molecule has 1 amide bonds. The summed E-state index contributed by atoms with van der Waals surface area (Å²) in [5.74, 6) is -0.579. The van der Waals surface area contributed by atoms with Crippen molar-refractivity contribution < 1.29 is 9.18 Å². The van der Waals surface area contributed by atoms with E-state index in [0.717, 1.165) is 5.56 Å². The number of aromatic nitrogens is 1. The van der Waals surface area contributed by atoms with Crippen LogP contribution >= 0.6 is 0 Å². The summed E-state index contributed by atoms with van der Waals surface area (Å²) in [5, 5.41) is 14.7. The summed E-state index contributed by atoms with van der Waals surface area (Å²) in [4.78, 5) is 16.4. The van der Waals surface area contributed by atoms with E-state index < -0.39 is 0 Å². The van der Waals surface area contributed by atoms with Gasteiger partial charge in [-0.3, -0.25) is 9.78 Å². The number of nitrogens with one attached hydrogen (secondary N) is 2. The summed E-state index contributed by atoms with van der Waals surface area (Å²) in [6.07, 6.45) is 3.09. The lowest BCUT2D eigenvalue weighted by Gasteiger charge is -2.09. The minimum atomic E-state index is -0.298. The van der Waals surface area contributed by atoms with Crippen LogP contribution in [0.4, 0.5) is 15.8 Å². The van der Waals surface area contributed by atoms with E-state index in [9.17, 15) is 9.18 Å². The fraction of sp³-hybridized carbons (Fsp3) is 0.0500. The lowest BCUT2D eigenvalue weighted by Crippen LogP contribution is -2.12. The highest BCUT2D eigenvalue weighted by atomic mass is 19.1. The van der Waals surface area contributed by atoms with E-state index in [1.807, 2.05) is 6.07 Å². The molecule has 0 bridgehead atoms. The third-order valence-corrected chi connectivity index (χ3v) is 3.68. The number of benzene rings is 2. The Bertz CT molecular complexity index is 947. The molecule has 3 rings (SSSR count). The van der Waals surface area contributed by atoms with Crippen LogP contribution in [0.1, 0.15) is 21.5 Å². The maximum absolute atomic E-state index is 12.9. The maximum atomic E-state index is 12.9. The van der Waals surface area contributed by atoms with Crippen molar-refractivity contribution in [2.24, 2.45) is 0 Å². The van der Waals surface area contributed by atoms with Crippen LogP contribution < -0.4 is 10.6 Å². The number of anilines is 2. The molecular formula is C20H15FN4O. The molecule has 0 saturated heterocycles. The molecule has 1 heterocycles. The van der Waals surface area contributed by atoms with Gasteiger partial charge in [-0.05, 0) is 48.0 Å². The van der Waals surface area contributed by atoms with Crippen molar-refractivity contribution in [2.45, 2.75) is 6.54 Å². The number of amides is 1. The van der Waals surface area contributed by atoms with Crippen LogP contribution in [0.15, 0.2) is 67.0 Å². The normalized spacial score (nSPS) is 10.0. The van der Waals surface area contributed by atoms with Crippen LogP contribution in [0.2, 0.25) is 0 Å². The van der Waals surface area contributed by atoms with E-state index in [-0.39, 0.29) is 11.7 Å². The van der Waals surface area contributed by atoms with Gasteiger partial charge < -0.3 is 10.6 Å². The number of halogens is 1. The molecule has 1 aromatic heterocycles. The fourth-order valence-corrected chi connectivity index (χ4v) is 2.30. The predicted octanol–water partition coefficient (Wildman–Crippen LogP) is 3.96. The van der Waals surface area contributed by atoms with E-state index >= 15 is 0 Å². The topological polar surface area (TPSA) is 77.8 Å². The Balaban J connectivity index is 1.64. The van der Waals surface area contributed by atoms with E-state index in [0.29, 0.717) is 29.0 Å². The number of carbonyl (C=O) groups is 1. The van der Waals surface area contributed by atoms with Crippen molar-refractivity contribution in [1.82, 2.24) is 4.98 Å². The third-order valence-electron chi connectivity index (χ3n) is 3.68. The van der Waals surface area contributed by atoms with Gasteiger partial charge in [0.25, 0.3) is 5.91 Å². The maximum Gasteiger partial charge on any atom is 0.257 e. The molecule has 26 heavy (non-hydrogen) atoms. The minimum Gasteiger partial charge on any atom is -0.380 e. The quantitative estimate of drug-likeness (QED) is 0.733. The minimum absolute atomic E-state index is 0.281. The Kier molecular flexibility index (Phi) is 5.20. The van der Waals surface area contributed by atoms with Crippen LogP contribution in [-0.4, -0.2) is 10.9 Å². The first-order valence-electron chi connectivity index (χ1n) is 7.89. The Morgan fingerprint density at radius 2 is 1.77 bits per heavy atom. The van der Waals surface area contributed by atoms with E-state index in [1.54, 1.807) is 48.7 Å². The number of nitrogens with zero attached hydrogens (tertiary/aromatic N) is 2. The molecule has 2 aromatic carbocycles. The van der Waals surface area contributed by atoms with Gasteiger partial charge in [0.2, 0.25) is 0 Å². The van der Waals surface area contributed by atoms with Gasteiger partial charge in [0, 0.05) is 24.6 Å². The van der Waals surface area contributed by atoms with Crippen molar-refractivity contribution in [3.8, 4) is 6.07 Å². The lowest BCUT2D eigenvalue weighted by atomic mass is 10.2. The molecule has 0 saturated carbocycles. The van der Waals surface area contributed by atoms with E-state index in [1.165, 1.54) is 18.3 Å². The summed E-state index contributed by atoms with van der Waals surface area (Å²) < 4.78 is 12.9. The first-order chi connectivity index (χ1) is 12.6. The van der Waals surface area contributed by atoms with Crippen LogP contribution in [-0.2, 0) is 6.54 Å². The van der Waals surface area contributed by atoms with Crippen molar-refractivity contribution in [2.75, 3.05) is 10.6 Å². The predicted molar refractivity (Wildman–Crippen MR) is 97.1 cm³/mol. The van der Waals surface area contributed by atoms with Crippen molar-refractivity contribution in [3.05, 3.63) is 89.5 Å². The van der Waals surface area contributed by atoms with Crippen LogP contribution in [0.25, 0.3) is 0 Å². The Morgan fingerprint density at radius 1 is 1.04 bits per heavy atom. The Morgan fingerprint density at radius 3 is 2.46 bits per heavy atom. The number of carbonyl (C=O) groups excluding carboxylic acids is 1. The molecule has 3 aromatic rings. The highest BCUT2D eigenvalue weighted by molar-refractivity contribution is 6.04. The summed E-state index contributed by atoms with van der Waals surface area (Å²) >= 11 is 0. The van der Waals surface area contributed by atoms with Crippen LogP contribution in [0, 0.1) is 17.1 Å². The van der Waals surface area contributed by atoms with Crippen LogP contribution in [0.5, 0.6) is 0 Å². The van der Waals surface area contributed by atoms with Gasteiger partial charge >= 0.3 is 0 Å². The molecule has 5 nitrogen and oxygen atoms in total. The highest BCUT2D eigenvalue weighted by Gasteiger charge is 2.08. The molecule has 0 unspecified atom stereocenters. The average Bonchev–Trinajstić information content (AvgIpc) is 2.68. The molecular weight excluding hydrogens is 331 g/mol. The largest absolute Gasteiger partial charge is 0.380 e. The van der Waals surface area contributed by atoms with Crippen LogP contribution in [0.3, 0.4) is 0 Å². The van der Waals surface area contributed by atoms with Gasteiger partial charge in [-0.15, -0.1) is 0 Å². The first kappa shape index (κ1) is 17.1. The third kappa shape index (κ3) is 4.42. The summed E-state index contributed by atoms with van der Waals surface area (Å²) in [5.41, 5.74) is 3.12. The number of pyridine rings is 1. The molecule has 0 fully saturated rings. The molecule has 6 heteroatoms. The first-order valence-corrected chi connectivity index (χ1v) is 7.89. The van der Waals surface area contributed by atoms with Gasteiger partial charge in [0.15, 0.2) is 0 Å². The zero-order valence-corrected chi connectivity index (χ0v) is 13.7. The van der Waals surface area contributed by atoms with Gasteiger partial charge in [-0.25, -0.2) is 4.39 Å². The second kappa shape index (κ2) is 7.90. The van der Waals surface area contributed by atoms with E-state index in [4.69, 9.17) is 5.26 Å². The fourth-order valence-electron chi connectivity index (χ4n) is 2.30. The highest BCUT2D eigenvalue weighted by Crippen LogP contribution is 2.14. The molecule has 0 aliphatic heterocycles. The van der Waals surface area contributed by atoms with Gasteiger partial charge in [0.05, 0.1) is 22.9 Å². The SMILES string of the molecule is N#Cc1ccc(NC(=O)c2cncc(NCc3ccc(F)cc3)c2)cc1. The van der Waals surface area contributed by atoms with Gasteiger partial charge in [-0.1, -0.05) is 12.1 Å². The second-order valence-electron chi connectivity index (χ2n) is 5.59. The van der Waals surface area contributed by atoms with Crippen molar-refractivity contribution >= 4 is 17.3 Å². The number of hydrogen-bond donors (Lipinski definition) is 2. The molecule has 2 N–H and O–H groups in total. The van der Waals surface area contributed by atoms with Gasteiger partial charge in [-0.2, -0.15) is 5.26 Å². The number of nitriles is 1. The standard InChI is InChI=1S/C20H15FN4O/c21-17-5-1-15(2-6-17)11-24-19-9-16(12-23-13-19)20(26)25-18-7-3-14(10-22)4-8-18/h1-9,12-13,24H,11H2,(H,25,26). The van der Waals surface area contributed by atoms with Crippen molar-refractivity contribution in [3.63, 3.8) is 0 Å². The molecule has 0 radical (unpaired) electrons. The lowest BCUT2D eigenvalue weighted by molar-refractivity contribution is 0.102. The summed E-state index contributed by atoms with van der Waals surface area (Å²) in [6.45, 7) is 0.489. The Hall–Kier alpha value is -3.72. The molecule has 0 aliphatic carbocycles. The zero-order chi connectivity index (χ0) is 18.4. The monoisotopic (exact) mass is 346 g/mol. The smallest absolute Gasteiger partial charge is 0.257 e. The molecule has 128 valence electrons. The molecule has 0 atom stereocenters. The van der Waals surface area contributed by atoms with Crippen molar-refractivity contribution in [1.29, 1.82) is 5.26 Å². The number of rotatable bonds is 5. The number of hydrogen-bond acceptors (Lipinski definition) is 4. The van der Waals surface area contributed by atoms with Gasteiger partial charge in [0.1, 0.15) is 5.82 Å². The summed E-state index contributed by atoms with van der Waals surface area (Å²) in [6, 6.07) is 16.5. The zero-order valence-electron chi connectivity index (χ0n) is 13.7. The Labute approximate surface area is 150 Å². The average molecular weight is 346 g/mol. The molecule has 0 spiro atoms. The van der Waals surface area contributed by atoms with E-state index in [2.05, 4.69) is 15.6 Å². The summed E-state index contributed by atoms with van der Waals surface area (Å²) in [7, 11) is 0. The molecule has 0 aliphatic rings.